The molecule has 0 atom stereocenters. The van der Waals surface area contributed by atoms with Crippen LogP contribution in [0.25, 0.3) is 11.4 Å². The van der Waals surface area contributed by atoms with Gasteiger partial charge in [0.1, 0.15) is 11.6 Å². The average Bonchev–Trinajstić information content (AvgIpc) is 2.40. The molecule has 0 saturated carbocycles. The molecule has 1 heterocycles. The number of hydrogen-bond donors (Lipinski definition) is 2. The van der Waals surface area contributed by atoms with Crippen LogP contribution in [-0.4, -0.2) is 16.6 Å². The van der Waals surface area contributed by atoms with Crippen molar-refractivity contribution in [3.63, 3.8) is 0 Å². The maximum absolute atomic E-state index is 5.53. The standard InChI is InChI=1S/C12H14N4O/c1-2-17-10-6-4-3-5-9(10)12-14-8-7-11(15-12)16-13/h3-8H,2,13H2,1H3,(H,14,15,16). The van der Waals surface area contributed by atoms with Crippen LogP contribution < -0.4 is 16.0 Å². The zero-order valence-electron chi connectivity index (χ0n) is 9.55. The van der Waals surface area contributed by atoms with Gasteiger partial charge in [-0.25, -0.2) is 15.8 Å². The molecular formula is C12H14N4O. The van der Waals surface area contributed by atoms with E-state index in [1.807, 2.05) is 31.2 Å². The quantitative estimate of drug-likeness (QED) is 0.619. The van der Waals surface area contributed by atoms with Crippen molar-refractivity contribution < 1.29 is 4.74 Å². The molecule has 1 aromatic heterocycles. The van der Waals surface area contributed by atoms with Gasteiger partial charge in [-0.2, -0.15) is 0 Å². The first kappa shape index (κ1) is 11.3. The average molecular weight is 230 g/mol. The second kappa shape index (κ2) is 5.27. The number of rotatable bonds is 4. The van der Waals surface area contributed by atoms with Crippen molar-refractivity contribution in [2.45, 2.75) is 6.92 Å². The van der Waals surface area contributed by atoms with Gasteiger partial charge < -0.3 is 10.2 Å². The van der Waals surface area contributed by atoms with Crippen molar-refractivity contribution in [1.29, 1.82) is 0 Å². The third-order valence-electron chi connectivity index (χ3n) is 2.23. The molecule has 88 valence electrons. The van der Waals surface area contributed by atoms with E-state index >= 15 is 0 Å². The Hall–Kier alpha value is -2.14. The van der Waals surface area contributed by atoms with E-state index in [4.69, 9.17) is 10.6 Å². The van der Waals surface area contributed by atoms with Crippen LogP contribution in [0.5, 0.6) is 5.75 Å². The summed E-state index contributed by atoms with van der Waals surface area (Å²) in [5.41, 5.74) is 3.35. The normalized spacial score (nSPS) is 10.0. The van der Waals surface area contributed by atoms with Crippen molar-refractivity contribution in [2.24, 2.45) is 5.84 Å². The van der Waals surface area contributed by atoms with Crippen LogP contribution in [0.1, 0.15) is 6.92 Å². The number of benzene rings is 1. The Bertz CT molecular complexity index is 501. The van der Waals surface area contributed by atoms with Crippen molar-refractivity contribution in [1.82, 2.24) is 9.97 Å². The molecule has 0 aliphatic carbocycles. The fraction of sp³-hybridized carbons (Fsp3) is 0.167. The lowest BCUT2D eigenvalue weighted by atomic mass is 10.2. The summed E-state index contributed by atoms with van der Waals surface area (Å²) >= 11 is 0. The van der Waals surface area contributed by atoms with Gasteiger partial charge >= 0.3 is 0 Å². The Morgan fingerprint density at radius 2 is 2.12 bits per heavy atom. The molecule has 0 saturated heterocycles. The smallest absolute Gasteiger partial charge is 0.165 e. The lowest BCUT2D eigenvalue weighted by Crippen LogP contribution is -2.09. The number of para-hydroxylation sites is 1. The highest BCUT2D eigenvalue weighted by Crippen LogP contribution is 2.27. The lowest BCUT2D eigenvalue weighted by Gasteiger charge is -2.09. The van der Waals surface area contributed by atoms with E-state index in [0.717, 1.165) is 11.3 Å². The number of aromatic nitrogens is 2. The van der Waals surface area contributed by atoms with E-state index in [0.29, 0.717) is 18.2 Å². The van der Waals surface area contributed by atoms with Crippen LogP contribution in [0.2, 0.25) is 0 Å². The van der Waals surface area contributed by atoms with Gasteiger partial charge in [0.05, 0.1) is 12.2 Å². The van der Waals surface area contributed by atoms with Crippen molar-refractivity contribution >= 4 is 5.82 Å². The van der Waals surface area contributed by atoms with Gasteiger partial charge in [0.15, 0.2) is 5.82 Å². The number of nitrogen functional groups attached to an aromatic ring is 1. The van der Waals surface area contributed by atoms with Crippen LogP contribution in [0, 0.1) is 0 Å². The molecule has 1 aromatic carbocycles. The number of ether oxygens (including phenoxy) is 1. The van der Waals surface area contributed by atoms with Gasteiger partial charge in [-0.05, 0) is 19.1 Å². The molecule has 0 spiro atoms. The number of nitrogens with one attached hydrogen (secondary N) is 1. The molecule has 3 N–H and O–H groups in total. The molecule has 5 heteroatoms. The summed E-state index contributed by atoms with van der Waals surface area (Å²) in [7, 11) is 0. The van der Waals surface area contributed by atoms with E-state index in [2.05, 4.69) is 15.4 Å². The molecule has 2 aromatic rings. The second-order valence-corrected chi connectivity index (χ2v) is 3.34. The van der Waals surface area contributed by atoms with Crippen LogP contribution in [0.15, 0.2) is 36.5 Å². The van der Waals surface area contributed by atoms with Gasteiger partial charge in [0.2, 0.25) is 0 Å². The minimum Gasteiger partial charge on any atom is -0.493 e. The van der Waals surface area contributed by atoms with Gasteiger partial charge in [-0.15, -0.1) is 0 Å². The van der Waals surface area contributed by atoms with Gasteiger partial charge in [-0.3, -0.25) is 0 Å². The van der Waals surface area contributed by atoms with Crippen LogP contribution in [0.4, 0.5) is 5.82 Å². The molecule has 0 bridgehead atoms. The minimum atomic E-state index is 0.571. The highest BCUT2D eigenvalue weighted by molar-refractivity contribution is 5.64. The maximum Gasteiger partial charge on any atom is 0.165 e. The van der Waals surface area contributed by atoms with E-state index in [-0.39, 0.29) is 0 Å². The van der Waals surface area contributed by atoms with Crippen molar-refractivity contribution in [3.8, 4) is 17.1 Å². The molecule has 0 unspecified atom stereocenters. The molecule has 0 fully saturated rings. The Labute approximate surface area is 99.6 Å². The van der Waals surface area contributed by atoms with Gasteiger partial charge in [-0.1, -0.05) is 12.1 Å². The molecule has 2 rings (SSSR count). The Kier molecular flexibility index (Phi) is 3.52. The molecule has 0 aliphatic rings. The molecule has 0 amide bonds. The van der Waals surface area contributed by atoms with Crippen molar-refractivity contribution in [3.05, 3.63) is 36.5 Å². The number of hydrogen-bond acceptors (Lipinski definition) is 5. The second-order valence-electron chi connectivity index (χ2n) is 3.34. The number of nitrogens with two attached hydrogens (primary N) is 1. The summed E-state index contributed by atoms with van der Waals surface area (Å²) in [5, 5.41) is 0. The topological polar surface area (TPSA) is 73.1 Å². The first-order valence-corrected chi connectivity index (χ1v) is 5.37. The van der Waals surface area contributed by atoms with Gasteiger partial charge in [0.25, 0.3) is 0 Å². The Morgan fingerprint density at radius 3 is 2.88 bits per heavy atom. The number of hydrazine groups is 1. The molecule has 0 radical (unpaired) electrons. The Balaban J connectivity index is 2.44. The monoisotopic (exact) mass is 230 g/mol. The highest BCUT2D eigenvalue weighted by atomic mass is 16.5. The predicted molar refractivity (Wildman–Crippen MR) is 66.4 cm³/mol. The zero-order valence-corrected chi connectivity index (χ0v) is 9.55. The highest BCUT2D eigenvalue weighted by Gasteiger charge is 2.08. The summed E-state index contributed by atoms with van der Waals surface area (Å²) in [4.78, 5) is 8.49. The SMILES string of the molecule is CCOc1ccccc1-c1nccc(NN)n1. The summed E-state index contributed by atoms with van der Waals surface area (Å²) < 4.78 is 5.53. The molecule has 17 heavy (non-hydrogen) atoms. The lowest BCUT2D eigenvalue weighted by molar-refractivity contribution is 0.341. The van der Waals surface area contributed by atoms with Crippen LogP contribution in [0.3, 0.4) is 0 Å². The molecule has 0 aliphatic heterocycles. The van der Waals surface area contributed by atoms with Gasteiger partial charge in [0, 0.05) is 12.3 Å². The first-order valence-electron chi connectivity index (χ1n) is 5.37. The largest absolute Gasteiger partial charge is 0.493 e. The summed E-state index contributed by atoms with van der Waals surface area (Å²) in [6.07, 6.45) is 1.65. The number of nitrogens with zero attached hydrogens (tertiary/aromatic N) is 2. The first-order chi connectivity index (χ1) is 8.35. The Morgan fingerprint density at radius 1 is 1.29 bits per heavy atom. The van der Waals surface area contributed by atoms with E-state index in [1.54, 1.807) is 12.3 Å². The maximum atomic E-state index is 5.53. The van der Waals surface area contributed by atoms with Crippen LogP contribution >= 0.6 is 0 Å². The summed E-state index contributed by atoms with van der Waals surface area (Å²) in [6.45, 7) is 2.54. The van der Waals surface area contributed by atoms with E-state index < -0.39 is 0 Å². The van der Waals surface area contributed by atoms with E-state index in [9.17, 15) is 0 Å². The third kappa shape index (κ3) is 2.51. The summed E-state index contributed by atoms with van der Waals surface area (Å²) in [5.74, 6) is 7.25. The number of anilines is 1. The molecular weight excluding hydrogens is 216 g/mol. The molecule has 5 nitrogen and oxygen atoms in total. The predicted octanol–water partition coefficient (Wildman–Crippen LogP) is 1.83. The zero-order chi connectivity index (χ0) is 12.1. The van der Waals surface area contributed by atoms with Crippen molar-refractivity contribution in [2.75, 3.05) is 12.0 Å². The third-order valence-corrected chi connectivity index (χ3v) is 2.23. The van der Waals surface area contributed by atoms with E-state index in [1.165, 1.54) is 0 Å². The fourth-order valence-electron chi connectivity index (χ4n) is 1.50. The summed E-state index contributed by atoms with van der Waals surface area (Å²) in [6, 6.07) is 9.35. The minimum absolute atomic E-state index is 0.571. The van der Waals surface area contributed by atoms with Crippen LogP contribution in [-0.2, 0) is 0 Å². The fourth-order valence-corrected chi connectivity index (χ4v) is 1.50.